The van der Waals surface area contributed by atoms with Crippen molar-refractivity contribution in [3.63, 3.8) is 0 Å². The summed E-state index contributed by atoms with van der Waals surface area (Å²) in [6.45, 7) is 3.98. The Morgan fingerprint density at radius 1 is 1.06 bits per heavy atom. The maximum Gasteiger partial charge on any atom is 0.139 e. The largest absolute Gasteiger partial charge is 0.206 e. The lowest BCUT2D eigenvalue weighted by atomic mass is 9.99. The van der Waals surface area contributed by atoms with Gasteiger partial charge in [0.1, 0.15) is 5.82 Å². The number of allylic oxidation sites excluding steroid dienone is 4. The molecule has 0 nitrogen and oxygen atoms in total. The minimum absolute atomic E-state index is 0.236. The lowest BCUT2D eigenvalue weighted by Crippen LogP contribution is -1.89. The van der Waals surface area contributed by atoms with Crippen LogP contribution in [0.3, 0.4) is 0 Å². The quantitative estimate of drug-likeness (QED) is 0.583. The molecule has 2 rings (SSSR count). The number of halogens is 1. The third kappa shape index (κ3) is 3.07. The van der Waals surface area contributed by atoms with Gasteiger partial charge in [0.25, 0.3) is 0 Å². The van der Waals surface area contributed by atoms with Gasteiger partial charge in [0.05, 0.1) is 5.56 Å². The monoisotopic (exact) mass is 226 g/mol. The van der Waals surface area contributed by atoms with Gasteiger partial charge in [-0.05, 0) is 44.4 Å². The molecule has 0 radical (unpaired) electrons. The lowest BCUT2D eigenvalue weighted by Gasteiger charge is -2.05. The van der Waals surface area contributed by atoms with E-state index >= 15 is 0 Å². The van der Waals surface area contributed by atoms with Crippen LogP contribution in [0.5, 0.6) is 0 Å². The molecule has 0 amide bonds. The van der Waals surface area contributed by atoms with Crippen molar-refractivity contribution < 1.29 is 4.39 Å². The van der Waals surface area contributed by atoms with Crippen LogP contribution in [0.1, 0.15) is 30.9 Å². The Kier molecular flexibility index (Phi) is 3.44. The van der Waals surface area contributed by atoms with E-state index in [0.717, 1.165) is 24.0 Å². The topological polar surface area (TPSA) is 0 Å². The van der Waals surface area contributed by atoms with Gasteiger partial charge >= 0.3 is 0 Å². The minimum Gasteiger partial charge on any atom is -0.206 e. The zero-order chi connectivity index (χ0) is 12.3. The van der Waals surface area contributed by atoms with Crippen molar-refractivity contribution >= 4 is 0 Å². The first-order valence-electron chi connectivity index (χ1n) is 5.79. The molecule has 0 aromatic heterocycles. The van der Waals surface area contributed by atoms with Crippen molar-refractivity contribution in [2.24, 2.45) is 0 Å². The van der Waals surface area contributed by atoms with E-state index in [9.17, 15) is 4.39 Å². The summed E-state index contributed by atoms with van der Waals surface area (Å²) in [5.41, 5.74) is 3.85. The van der Waals surface area contributed by atoms with Crippen LogP contribution >= 0.6 is 0 Å². The van der Waals surface area contributed by atoms with Crippen LogP contribution in [0.15, 0.2) is 41.5 Å². The van der Waals surface area contributed by atoms with Crippen LogP contribution in [-0.2, 0) is 0 Å². The molecule has 0 heterocycles. The normalized spacial score (nSPS) is 14.5. The summed E-state index contributed by atoms with van der Waals surface area (Å²) >= 11 is 0. The van der Waals surface area contributed by atoms with E-state index in [-0.39, 0.29) is 5.82 Å². The van der Waals surface area contributed by atoms with Crippen molar-refractivity contribution in [1.82, 2.24) is 0 Å². The summed E-state index contributed by atoms with van der Waals surface area (Å²) in [6.07, 6.45) is 6.12. The molecule has 0 unspecified atom stereocenters. The van der Waals surface area contributed by atoms with Crippen LogP contribution in [0.25, 0.3) is 0 Å². The van der Waals surface area contributed by atoms with Crippen molar-refractivity contribution in [3.8, 4) is 11.8 Å². The van der Waals surface area contributed by atoms with E-state index in [1.54, 1.807) is 6.07 Å². The molecular weight excluding hydrogens is 211 g/mol. The second-order valence-electron chi connectivity index (χ2n) is 4.44. The Labute approximate surface area is 102 Å². The molecule has 0 fully saturated rings. The molecule has 0 spiro atoms. The first-order chi connectivity index (χ1) is 8.15. The van der Waals surface area contributed by atoms with Crippen LogP contribution in [0, 0.1) is 24.6 Å². The first-order valence-corrected chi connectivity index (χ1v) is 5.79. The van der Waals surface area contributed by atoms with E-state index in [2.05, 4.69) is 24.8 Å². The van der Waals surface area contributed by atoms with Gasteiger partial charge in [-0.3, -0.25) is 0 Å². The van der Waals surface area contributed by atoms with Crippen molar-refractivity contribution in [3.05, 3.63) is 58.4 Å². The number of benzene rings is 1. The van der Waals surface area contributed by atoms with E-state index in [1.165, 1.54) is 11.6 Å². The van der Waals surface area contributed by atoms with Crippen LogP contribution in [0.4, 0.5) is 4.39 Å². The molecule has 0 atom stereocenters. The maximum absolute atomic E-state index is 13.5. The minimum atomic E-state index is -0.236. The second-order valence-corrected chi connectivity index (χ2v) is 4.44. The number of hydrogen-bond acceptors (Lipinski definition) is 0. The van der Waals surface area contributed by atoms with Gasteiger partial charge in [0.2, 0.25) is 0 Å². The smallest absolute Gasteiger partial charge is 0.139 e. The lowest BCUT2D eigenvalue weighted by molar-refractivity contribution is 0.623. The Hall–Kier alpha value is -1.81. The maximum atomic E-state index is 13.5. The Balaban J connectivity index is 2.22. The highest BCUT2D eigenvalue weighted by Gasteiger charge is 2.01. The predicted molar refractivity (Wildman–Crippen MR) is 69.1 cm³/mol. The second kappa shape index (κ2) is 5.01. The highest BCUT2D eigenvalue weighted by molar-refractivity contribution is 5.44. The average molecular weight is 226 g/mol. The molecule has 1 aromatic carbocycles. The highest BCUT2D eigenvalue weighted by Crippen LogP contribution is 2.17. The van der Waals surface area contributed by atoms with Gasteiger partial charge in [-0.15, -0.1) is 0 Å². The standard InChI is InChI=1S/C16H15F/c1-12-3-6-14(7-4-12)8-10-15-9-5-13(2)11-16(15)17/h3,5-6,9,11H,4,7H2,1-2H3. The van der Waals surface area contributed by atoms with E-state index in [1.807, 2.05) is 19.1 Å². The van der Waals surface area contributed by atoms with Gasteiger partial charge in [-0.1, -0.05) is 35.6 Å². The molecular formula is C16H15F. The molecule has 1 heteroatoms. The van der Waals surface area contributed by atoms with Gasteiger partial charge < -0.3 is 0 Å². The molecule has 1 aliphatic rings. The first kappa shape index (κ1) is 11.7. The van der Waals surface area contributed by atoms with Crippen LogP contribution in [0.2, 0.25) is 0 Å². The van der Waals surface area contributed by atoms with Crippen LogP contribution < -0.4 is 0 Å². The molecule has 1 aliphatic carbocycles. The summed E-state index contributed by atoms with van der Waals surface area (Å²) in [4.78, 5) is 0. The molecule has 0 saturated heterocycles. The molecule has 0 aliphatic heterocycles. The zero-order valence-corrected chi connectivity index (χ0v) is 10.2. The van der Waals surface area contributed by atoms with Crippen molar-refractivity contribution in [1.29, 1.82) is 0 Å². The Bertz CT molecular complexity index is 551. The molecule has 0 N–H and O–H groups in total. The Morgan fingerprint density at radius 2 is 1.88 bits per heavy atom. The SMILES string of the molecule is CC1=CC=C(C#Cc2ccc(C)cc2F)CC1. The summed E-state index contributed by atoms with van der Waals surface area (Å²) in [5.74, 6) is 5.71. The molecule has 0 bridgehead atoms. The average Bonchev–Trinajstić information content (AvgIpc) is 2.30. The number of aryl methyl sites for hydroxylation is 1. The number of rotatable bonds is 0. The summed E-state index contributed by atoms with van der Waals surface area (Å²) in [5, 5.41) is 0. The molecule has 17 heavy (non-hydrogen) atoms. The Morgan fingerprint density at radius 3 is 2.53 bits per heavy atom. The number of hydrogen-bond donors (Lipinski definition) is 0. The van der Waals surface area contributed by atoms with Crippen LogP contribution in [-0.4, -0.2) is 0 Å². The molecule has 86 valence electrons. The summed E-state index contributed by atoms with van der Waals surface area (Å²) in [7, 11) is 0. The fraction of sp³-hybridized carbons (Fsp3) is 0.250. The predicted octanol–water partition coefficient (Wildman–Crippen LogP) is 4.15. The highest BCUT2D eigenvalue weighted by atomic mass is 19.1. The third-order valence-corrected chi connectivity index (χ3v) is 2.84. The van der Waals surface area contributed by atoms with Crippen molar-refractivity contribution in [2.75, 3.05) is 0 Å². The van der Waals surface area contributed by atoms with E-state index < -0.39 is 0 Å². The van der Waals surface area contributed by atoms with E-state index in [0.29, 0.717) is 5.56 Å². The third-order valence-electron chi connectivity index (χ3n) is 2.84. The fourth-order valence-corrected chi connectivity index (χ4v) is 1.71. The van der Waals surface area contributed by atoms with Gasteiger partial charge in [0.15, 0.2) is 0 Å². The molecule has 1 aromatic rings. The van der Waals surface area contributed by atoms with Gasteiger partial charge in [0, 0.05) is 5.57 Å². The van der Waals surface area contributed by atoms with Gasteiger partial charge in [-0.2, -0.15) is 0 Å². The zero-order valence-electron chi connectivity index (χ0n) is 10.2. The molecule has 0 saturated carbocycles. The van der Waals surface area contributed by atoms with Gasteiger partial charge in [-0.25, -0.2) is 4.39 Å². The summed E-state index contributed by atoms with van der Waals surface area (Å²) < 4.78 is 13.5. The van der Waals surface area contributed by atoms with E-state index in [4.69, 9.17) is 0 Å². The fourth-order valence-electron chi connectivity index (χ4n) is 1.71. The van der Waals surface area contributed by atoms with Crippen molar-refractivity contribution in [2.45, 2.75) is 26.7 Å². The summed E-state index contributed by atoms with van der Waals surface area (Å²) in [6, 6.07) is 5.14.